The second kappa shape index (κ2) is 8.73. The summed E-state index contributed by atoms with van der Waals surface area (Å²) in [6, 6.07) is 10.0. The number of nitrogens with one attached hydrogen (secondary N) is 1. The quantitative estimate of drug-likeness (QED) is 0.475. The Bertz CT molecular complexity index is 1110. The highest BCUT2D eigenvalue weighted by Gasteiger charge is 2.21. The van der Waals surface area contributed by atoms with Gasteiger partial charge in [0.15, 0.2) is 5.16 Å². The maximum absolute atomic E-state index is 13.8. The van der Waals surface area contributed by atoms with E-state index in [1.165, 1.54) is 6.07 Å². The second-order valence-corrected chi connectivity index (χ2v) is 8.40. The predicted molar refractivity (Wildman–Crippen MR) is 111 cm³/mol. The van der Waals surface area contributed by atoms with Gasteiger partial charge in [0.2, 0.25) is 5.91 Å². The Hall–Kier alpha value is -2.74. The van der Waals surface area contributed by atoms with E-state index in [4.69, 9.17) is 0 Å². The molecule has 0 aliphatic carbocycles. The molecule has 1 amide bonds. The molecule has 3 rings (SSSR count). The first-order valence-electron chi connectivity index (χ1n) is 9.18. The Morgan fingerprint density at radius 1 is 1.17 bits per heavy atom. The first-order valence-corrected chi connectivity index (χ1v) is 10.1. The van der Waals surface area contributed by atoms with Gasteiger partial charge in [-0.2, -0.15) is 0 Å². The third kappa shape index (κ3) is 4.82. The minimum atomic E-state index is -0.851. The fraction of sp³-hybridized carbons (Fsp3) is 0.286. The van der Waals surface area contributed by atoms with E-state index >= 15 is 0 Å². The molecular weight excluding hydrogens is 396 g/mol. The van der Waals surface area contributed by atoms with Crippen LogP contribution in [0.2, 0.25) is 0 Å². The van der Waals surface area contributed by atoms with Gasteiger partial charge < -0.3 is 5.32 Å². The summed E-state index contributed by atoms with van der Waals surface area (Å²) in [5, 5.41) is 2.73. The van der Waals surface area contributed by atoms with E-state index in [1.807, 2.05) is 13.8 Å². The summed E-state index contributed by atoms with van der Waals surface area (Å²) >= 11 is 1.12. The summed E-state index contributed by atoms with van der Waals surface area (Å²) in [5.41, 5.74) is 0.288. The number of thioether (sulfide) groups is 1. The monoisotopic (exact) mass is 417 g/mol. The molecule has 1 atom stereocenters. The van der Waals surface area contributed by atoms with E-state index in [0.717, 1.165) is 17.8 Å². The molecule has 0 radical (unpaired) electrons. The first-order chi connectivity index (χ1) is 13.8. The molecule has 1 N–H and O–H groups in total. The molecule has 152 valence electrons. The van der Waals surface area contributed by atoms with Gasteiger partial charge in [0, 0.05) is 12.6 Å². The Labute approximate surface area is 171 Å². The van der Waals surface area contributed by atoms with Crippen LogP contribution in [0.1, 0.15) is 20.8 Å². The molecule has 0 aliphatic rings. The number of anilines is 1. The highest BCUT2D eigenvalue weighted by Crippen LogP contribution is 2.25. The molecule has 29 heavy (non-hydrogen) atoms. The maximum atomic E-state index is 13.8. The summed E-state index contributed by atoms with van der Waals surface area (Å²) in [4.78, 5) is 30.0. The minimum absolute atomic E-state index is 0.102. The summed E-state index contributed by atoms with van der Waals surface area (Å²) in [7, 11) is 0. The minimum Gasteiger partial charge on any atom is -0.323 e. The number of hydrogen-bond acceptors (Lipinski definition) is 4. The zero-order chi connectivity index (χ0) is 21.1. The highest BCUT2D eigenvalue weighted by molar-refractivity contribution is 8.00. The van der Waals surface area contributed by atoms with Gasteiger partial charge in [0.1, 0.15) is 11.6 Å². The number of aromatic nitrogens is 2. The number of carbonyl (C=O) groups is 1. The van der Waals surface area contributed by atoms with Crippen LogP contribution in [0.4, 0.5) is 14.5 Å². The van der Waals surface area contributed by atoms with Crippen LogP contribution in [0.15, 0.2) is 52.4 Å². The Kier molecular flexibility index (Phi) is 6.32. The summed E-state index contributed by atoms with van der Waals surface area (Å²) < 4.78 is 28.4. The Morgan fingerprint density at radius 3 is 2.59 bits per heavy atom. The van der Waals surface area contributed by atoms with E-state index in [0.29, 0.717) is 28.7 Å². The third-order valence-corrected chi connectivity index (χ3v) is 5.30. The van der Waals surface area contributed by atoms with Crippen LogP contribution in [0.3, 0.4) is 0 Å². The average Bonchev–Trinajstić information content (AvgIpc) is 2.66. The van der Waals surface area contributed by atoms with Gasteiger partial charge >= 0.3 is 0 Å². The lowest BCUT2D eigenvalue weighted by Gasteiger charge is -2.17. The summed E-state index contributed by atoms with van der Waals surface area (Å²) in [6.45, 7) is 6.08. The van der Waals surface area contributed by atoms with Gasteiger partial charge in [-0.15, -0.1) is 0 Å². The van der Waals surface area contributed by atoms with Crippen LogP contribution in [0, 0.1) is 17.6 Å². The van der Waals surface area contributed by atoms with Crippen molar-refractivity contribution in [2.75, 3.05) is 5.32 Å². The van der Waals surface area contributed by atoms with Crippen LogP contribution in [0.5, 0.6) is 0 Å². The van der Waals surface area contributed by atoms with Crippen molar-refractivity contribution >= 4 is 34.3 Å². The van der Waals surface area contributed by atoms with Crippen molar-refractivity contribution in [3.8, 4) is 0 Å². The summed E-state index contributed by atoms with van der Waals surface area (Å²) in [6.07, 6.45) is 0. The normalized spacial score (nSPS) is 12.3. The molecular formula is C21H21F2N3O2S. The fourth-order valence-corrected chi connectivity index (χ4v) is 3.72. The fourth-order valence-electron chi connectivity index (χ4n) is 2.80. The van der Waals surface area contributed by atoms with Crippen molar-refractivity contribution < 1.29 is 13.6 Å². The second-order valence-electron chi connectivity index (χ2n) is 7.09. The molecule has 0 aliphatic heterocycles. The van der Waals surface area contributed by atoms with Crippen molar-refractivity contribution in [3.05, 3.63) is 64.5 Å². The number of fused-ring (bicyclic) bond motifs is 1. The molecule has 5 nitrogen and oxygen atoms in total. The molecule has 3 aromatic rings. The number of halogens is 2. The van der Waals surface area contributed by atoms with Crippen LogP contribution in [0.25, 0.3) is 10.9 Å². The highest BCUT2D eigenvalue weighted by atomic mass is 32.2. The van der Waals surface area contributed by atoms with Gasteiger partial charge in [0.25, 0.3) is 5.56 Å². The Balaban J connectivity index is 1.89. The molecule has 1 aromatic heterocycles. The molecule has 0 bridgehead atoms. The smallest absolute Gasteiger partial charge is 0.262 e. The molecule has 8 heteroatoms. The molecule has 0 unspecified atom stereocenters. The Morgan fingerprint density at radius 2 is 1.90 bits per heavy atom. The molecule has 0 fully saturated rings. The molecule has 2 aromatic carbocycles. The number of benzene rings is 2. The van der Waals surface area contributed by atoms with Gasteiger partial charge in [-0.1, -0.05) is 37.7 Å². The number of carbonyl (C=O) groups excluding carboxylic acids is 1. The third-order valence-electron chi connectivity index (χ3n) is 4.21. The van der Waals surface area contributed by atoms with Crippen molar-refractivity contribution in [2.24, 2.45) is 5.92 Å². The number of hydrogen-bond donors (Lipinski definition) is 1. The number of rotatable bonds is 6. The van der Waals surface area contributed by atoms with Gasteiger partial charge in [0.05, 0.1) is 21.8 Å². The lowest BCUT2D eigenvalue weighted by Crippen LogP contribution is -2.28. The average molecular weight is 417 g/mol. The number of amides is 1. The van der Waals surface area contributed by atoms with Crippen molar-refractivity contribution in [1.82, 2.24) is 9.55 Å². The van der Waals surface area contributed by atoms with Crippen LogP contribution < -0.4 is 10.9 Å². The number of para-hydroxylation sites is 1. The zero-order valence-corrected chi connectivity index (χ0v) is 17.1. The lowest BCUT2D eigenvalue weighted by atomic mass is 10.2. The van der Waals surface area contributed by atoms with Crippen LogP contribution in [-0.2, 0) is 11.3 Å². The molecule has 0 spiro atoms. The lowest BCUT2D eigenvalue weighted by molar-refractivity contribution is -0.115. The number of nitrogens with zero attached hydrogens (tertiary/aromatic N) is 2. The van der Waals surface area contributed by atoms with E-state index in [-0.39, 0.29) is 17.2 Å². The largest absolute Gasteiger partial charge is 0.323 e. The first kappa shape index (κ1) is 21.0. The van der Waals surface area contributed by atoms with Gasteiger partial charge in [-0.3, -0.25) is 14.2 Å². The standard InChI is InChI=1S/C21H21F2N3O2S/c1-12(2)11-26-20(28)15-6-4-5-7-17(15)25-21(26)29-13(3)19(27)24-18-9-8-14(22)10-16(18)23/h4-10,12-13H,11H2,1-3H3,(H,24,27)/t13-/m1/s1. The van der Waals surface area contributed by atoms with Crippen molar-refractivity contribution in [1.29, 1.82) is 0 Å². The predicted octanol–water partition coefficient (Wildman–Crippen LogP) is 4.45. The van der Waals surface area contributed by atoms with E-state index in [9.17, 15) is 18.4 Å². The van der Waals surface area contributed by atoms with Crippen molar-refractivity contribution in [2.45, 2.75) is 37.7 Å². The van der Waals surface area contributed by atoms with E-state index in [2.05, 4.69) is 10.3 Å². The van der Waals surface area contributed by atoms with Crippen LogP contribution in [-0.4, -0.2) is 20.7 Å². The van der Waals surface area contributed by atoms with E-state index in [1.54, 1.807) is 35.8 Å². The van der Waals surface area contributed by atoms with Crippen molar-refractivity contribution in [3.63, 3.8) is 0 Å². The molecule has 0 saturated carbocycles. The zero-order valence-electron chi connectivity index (χ0n) is 16.3. The summed E-state index contributed by atoms with van der Waals surface area (Å²) in [5.74, 6) is -1.84. The van der Waals surface area contributed by atoms with Gasteiger partial charge in [-0.25, -0.2) is 13.8 Å². The topological polar surface area (TPSA) is 64.0 Å². The SMILES string of the molecule is CC(C)Cn1c(S[C@H](C)C(=O)Nc2ccc(F)cc2F)nc2ccccc2c1=O. The maximum Gasteiger partial charge on any atom is 0.262 e. The van der Waals surface area contributed by atoms with Crippen LogP contribution >= 0.6 is 11.8 Å². The molecule has 0 saturated heterocycles. The van der Waals surface area contributed by atoms with E-state index < -0.39 is 22.8 Å². The molecule has 1 heterocycles. The van der Waals surface area contributed by atoms with Gasteiger partial charge in [-0.05, 0) is 37.1 Å².